The summed E-state index contributed by atoms with van der Waals surface area (Å²) in [7, 11) is 0. The fraction of sp³-hybridized carbons (Fsp3) is 0.857. The fourth-order valence-electron chi connectivity index (χ4n) is 1.44. The maximum atomic E-state index is 12.2. The van der Waals surface area contributed by atoms with Gasteiger partial charge in [-0.05, 0) is 13.0 Å². The number of likely N-dealkylation sites (tertiary alicyclic amines) is 1. The van der Waals surface area contributed by atoms with Crippen LogP contribution in [-0.2, 0) is 0 Å². The SMILES string of the molecule is NC(CN1CC[C@@H](CF)C1)=NO. The van der Waals surface area contributed by atoms with Gasteiger partial charge in [-0.1, -0.05) is 5.16 Å². The summed E-state index contributed by atoms with van der Waals surface area (Å²) in [5.41, 5.74) is 5.30. The fourth-order valence-corrected chi connectivity index (χ4v) is 1.44. The zero-order valence-electron chi connectivity index (χ0n) is 6.91. The van der Waals surface area contributed by atoms with Crippen molar-refractivity contribution in [3.63, 3.8) is 0 Å². The van der Waals surface area contributed by atoms with Crippen LogP contribution in [-0.4, -0.2) is 42.3 Å². The van der Waals surface area contributed by atoms with Gasteiger partial charge in [0.15, 0.2) is 5.84 Å². The lowest BCUT2D eigenvalue weighted by Gasteiger charge is -2.13. The molecule has 0 aromatic heterocycles. The van der Waals surface area contributed by atoms with Gasteiger partial charge in [-0.2, -0.15) is 0 Å². The Kier molecular flexibility index (Phi) is 3.28. The van der Waals surface area contributed by atoms with Gasteiger partial charge < -0.3 is 10.9 Å². The highest BCUT2D eigenvalue weighted by atomic mass is 19.1. The van der Waals surface area contributed by atoms with Gasteiger partial charge in [-0.15, -0.1) is 0 Å². The average Bonchev–Trinajstić information content (AvgIpc) is 2.52. The summed E-state index contributed by atoms with van der Waals surface area (Å²) in [6.45, 7) is 1.72. The Morgan fingerprint density at radius 2 is 2.50 bits per heavy atom. The van der Waals surface area contributed by atoms with E-state index < -0.39 is 0 Å². The second-order valence-electron chi connectivity index (χ2n) is 3.14. The largest absolute Gasteiger partial charge is 0.409 e. The summed E-state index contributed by atoms with van der Waals surface area (Å²) >= 11 is 0. The summed E-state index contributed by atoms with van der Waals surface area (Å²) in [4.78, 5) is 1.99. The number of oxime groups is 1. The van der Waals surface area contributed by atoms with Gasteiger partial charge in [0.1, 0.15) is 0 Å². The maximum absolute atomic E-state index is 12.2. The van der Waals surface area contributed by atoms with E-state index in [2.05, 4.69) is 5.16 Å². The first kappa shape index (κ1) is 9.25. The molecule has 1 heterocycles. The Bertz CT molecular complexity index is 174. The highest BCUT2D eigenvalue weighted by molar-refractivity contribution is 5.81. The second-order valence-corrected chi connectivity index (χ2v) is 3.14. The molecule has 70 valence electrons. The van der Waals surface area contributed by atoms with Crippen molar-refractivity contribution in [3.05, 3.63) is 0 Å². The van der Waals surface area contributed by atoms with Crippen molar-refractivity contribution in [1.82, 2.24) is 4.90 Å². The molecule has 1 fully saturated rings. The standard InChI is InChI=1S/C7H14FN3O/c8-3-6-1-2-11(4-6)5-7(9)10-12/h6,12H,1-5H2,(H2,9,10)/t6-/m0/s1. The van der Waals surface area contributed by atoms with Crippen LogP contribution in [0.1, 0.15) is 6.42 Å². The molecular weight excluding hydrogens is 161 g/mol. The van der Waals surface area contributed by atoms with E-state index in [9.17, 15) is 4.39 Å². The first-order valence-electron chi connectivity index (χ1n) is 4.01. The minimum absolute atomic E-state index is 0.136. The number of halogens is 1. The Morgan fingerprint density at radius 1 is 1.75 bits per heavy atom. The summed E-state index contributed by atoms with van der Waals surface area (Å²) in [6.07, 6.45) is 0.870. The maximum Gasteiger partial charge on any atom is 0.153 e. The zero-order valence-corrected chi connectivity index (χ0v) is 6.91. The molecule has 0 amide bonds. The lowest BCUT2D eigenvalue weighted by molar-refractivity contribution is 0.303. The van der Waals surface area contributed by atoms with Crippen LogP contribution in [0.5, 0.6) is 0 Å². The molecule has 4 nitrogen and oxygen atoms in total. The number of hydrogen-bond acceptors (Lipinski definition) is 3. The number of nitrogens with zero attached hydrogens (tertiary/aromatic N) is 2. The van der Waals surface area contributed by atoms with Crippen molar-refractivity contribution in [2.45, 2.75) is 6.42 Å². The van der Waals surface area contributed by atoms with Crippen LogP contribution >= 0.6 is 0 Å². The number of hydrogen-bond donors (Lipinski definition) is 2. The third kappa shape index (κ3) is 2.34. The molecule has 1 rings (SSSR count). The molecule has 0 bridgehead atoms. The predicted molar refractivity (Wildman–Crippen MR) is 43.9 cm³/mol. The summed E-state index contributed by atoms with van der Waals surface area (Å²) < 4.78 is 12.2. The molecule has 0 spiro atoms. The minimum Gasteiger partial charge on any atom is -0.409 e. The highest BCUT2D eigenvalue weighted by Gasteiger charge is 2.22. The molecule has 5 heteroatoms. The summed E-state index contributed by atoms with van der Waals surface area (Å²) in [5.74, 6) is 0.325. The monoisotopic (exact) mass is 175 g/mol. The Morgan fingerprint density at radius 3 is 3.00 bits per heavy atom. The van der Waals surface area contributed by atoms with Crippen LogP contribution in [0.25, 0.3) is 0 Å². The van der Waals surface area contributed by atoms with Gasteiger partial charge >= 0.3 is 0 Å². The average molecular weight is 175 g/mol. The molecule has 0 saturated carbocycles. The van der Waals surface area contributed by atoms with Crippen molar-refractivity contribution in [3.8, 4) is 0 Å². The third-order valence-corrected chi connectivity index (χ3v) is 2.10. The van der Waals surface area contributed by atoms with Crippen LogP contribution < -0.4 is 5.73 Å². The zero-order chi connectivity index (χ0) is 8.97. The van der Waals surface area contributed by atoms with E-state index in [1.807, 2.05) is 4.90 Å². The molecule has 1 aliphatic rings. The van der Waals surface area contributed by atoms with E-state index in [1.54, 1.807) is 0 Å². The molecule has 1 atom stereocenters. The predicted octanol–water partition coefficient (Wildman–Crippen LogP) is 0.0242. The van der Waals surface area contributed by atoms with E-state index in [4.69, 9.17) is 10.9 Å². The topological polar surface area (TPSA) is 61.8 Å². The number of alkyl halides is 1. The second kappa shape index (κ2) is 4.25. The molecule has 1 aliphatic heterocycles. The first-order chi connectivity index (χ1) is 5.76. The molecule has 0 unspecified atom stereocenters. The van der Waals surface area contributed by atoms with Crippen molar-refractivity contribution < 1.29 is 9.60 Å². The van der Waals surface area contributed by atoms with E-state index >= 15 is 0 Å². The normalized spacial score (nSPS) is 26.4. The molecule has 0 radical (unpaired) electrons. The van der Waals surface area contributed by atoms with E-state index in [1.165, 1.54) is 0 Å². The lowest BCUT2D eigenvalue weighted by atomic mass is 10.1. The van der Waals surface area contributed by atoms with Crippen LogP contribution in [0.4, 0.5) is 4.39 Å². The van der Waals surface area contributed by atoms with E-state index in [0.717, 1.165) is 13.0 Å². The Balaban J connectivity index is 2.28. The van der Waals surface area contributed by atoms with Crippen molar-refractivity contribution in [2.24, 2.45) is 16.8 Å². The van der Waals surface area contributed by atoms with Gasteiger partial charge in [0.05, 0.1) is 13.2 Å². The summed E-state index contributed by atoms with van der Waals surface area (Å²) in [6, 6.07) is 0. The van der Waals surface area contributed by atoms with Gasteiger partial charge in [-0.3, -0.25) is 9.29 Å². The van der Waals surface area contributed by atoms with Gasteiger partial charge in [0.25, 0.3) is 0 Å². The Labute approximate surface area is 70.8 Å². The molecule has 1 saturated heterocycles. The first-order valence-corrected chi connectivity index (χ1v) is 4.01. The smallest absolute Gasteiger partial charge is 0.153 e. The highest BCUT2D eigenvalue weighted by Crippen LogP contribution is 2.15. The van der Waals surface area contributed by atoms with Crippen molar-refractivity contribution >= 4 is 5.84 Å². The molecular formula is C7H14FN3O. The molecule has 0 aliphatic carbocycles. The lowest BCUT2D eigenvalue weighted by Crippen LogP contribution is -2.32. The van der Waals surface area contributed by atoms with Gasteiger partial charge in [0, 0.05) is 12.5 Å². The van der Waals surface area contributed by atoms with E-state index in [-0.39, 0.29) is 18.4 Å². The molecule has 0 aromatic carbocycles. The summed E-state index contributed by atoms with van der Waals surface area (Å²) in [5, 5.41) is 11.1. The number of amidine groups is 1. The number of rotatable bonds is 3. The minimum atomic E-state index is -0.271. The van der Waals surface area contributed by atoms with Gasteiger partial charge in [0.2, 0.25) is 0 Å². The van der Waals surface area contributed by atoms with Gasteiger partial charge in [-0.25, -0.2) is 0 Å². The molecule has 12 heavy (non-hydrogen) atoms. The van der Waals surface area contributed by atoms with E-state index in [0.29, 0.717) is 13.1 Å². The van der Waals surface area contributed by atoms with Crippen LogP contribution in [0.15, 0.2) is 5.16 Å². The quantitative estimate of drug-likeness (QED) is 0.275. The van der Waals surface area contributed by atoms with Crippen molar-refractivity contribution in [1.29, 1.82) is 0 Å². The number of nitrogens with two attached hydrogens (primary N) is 1. The van der Waals surface area contributed by atoms with Crippen molar-refractivity contribution in [2.75, 3.05) is 26.3 Å². The molecule has 0 aromatic rings. The van der Waals surface area contributed by atoms with Crippen LogP contribution in [0.2, 0.25) is 0 Å². The van der Waals surface area contributed by atoms with Crippen LogP contribution in [0, 0.1) is 5.92 Å². The molecule has 3 N–H and O–H groups in total. The Hall–Kier alpha value is -0.840. The third-order valence-electron chi connectivity index (χ3n) is 2.10. The van der Waals surface area contributed by atoms with Crippen LogP contribution in [0.3, 0.4) is 0 Å².